The molecule has 340 valence electrons. The predicted octanol–water partition coefficient (Wildman–Crippen LogP) is -10.8. The van der Waals surface area contributed by atoms with E-state index in [1.54, 1.807) is 0 Å². The van der Waals surface area contributed by atoms with Gasteiger partial charge in [0.05, 0.1) is 49.7 Å². The van der Waals surface area contributed by atoms with E-state index in [1.807, 2.05) is 9.80 Å². The van der Waals surface area contributed by atoms with Crippen LogP contribution < -0.4 is 45.9 Å². The van der Waals surface area contributed by atoms with Crippen LogP contribution in [0, 0.1) is 0 Å². The van der Waals surface area contributed by atoms with Crippen molar-refractivity contribution < 1.29 is 69.3 Å². The molecule has 3 heterocycles. The Morgan fingerprint density at radius 1 is 0.500 bits per heavy atom. The molecule has 5 aliphatic rings. The summed E-state index contributed by atoms with van der Waals surface area (Å²) in [7, 11) is 0. The van der Waals surface area contributed by atoms with E-state index in [9.17, 15) is 40.9 Å². The summed E-state index contributed by atoms with van der Waals surface area (Å²) in [6.07, 6.45) is -17.8. The summed E-state index contributed by atoms with van der Waals surface area (Å²) in [4.78, 5) is 4.05. The molecule has 0 aromatic carbocycles. The van der Waals surface area contributed by atoms with Gasteiger partial charge in [-0.05, 0) is 12.8 Å². The smallest absolute Gasteiger partial charge is 0.176 e. The van der Waals surface area contributed by atoms with E-state index in [4.69, 9.17) is 74.3 Å². The van der Waals surface area contributed by atoms with Crippen molar-refractivity contribution in [3.63, 3.8) is 0 Å². The van der Waals surface area contributed by atoms with Crippen molar-refractivity contribution in [3.8, 4) is 0 Å². The van der Waals surface area contributed by atoms with Crippen LogP contribution in [0.5, 0.6) is 0 Å². The van der Waals surface area contributed by atoms with Gasteiger partial charge in [0.1, 0.15) is 61.0 Å². The third kappa shape index (κ3) is 11.3. The minimum atomic E-state index is -1.39. The van der Waals surface area contributed by atoms with Crippen molar-refractivity contribution in [1.29, 1.82) is 0 Å². The average Bonchev–Trinajstić information content (AvgIpc) is 3.19. The van der Waals surface area contributed by atoms with Gasteiger partial charge in [-0.15, -0.1) is 0 Å². The Balaban J connectivity index is 1.07. The third-order valence-electron chi connectivity index (χ3n) is 12.0. The van der Waals surface area contributed by atoms with E-state index in [1.165, 1.54) is 0 Å². The maximum absolute atomic E-state index is 11.0. The van der Waals surface area contributed by atoms with Crippen molar-refractivity contribution >= 4 is 0 Å². The van der Waals surface area contributed by atoms with Gasteiger partial charge in [0, 0.05) is 76.5 Å². The lowest BCUT2D eigenvalue weighted by Gasteiger charge is -2.47. The van der Waals surface area contributed by atoms with Gasteiger partial charge in [0.15, 0.2) is 12.6 Å². The van der Waals surface area contributed by atoms with Gasteiger partial charge in [-0.1, -0.05) is 0 Å². The molecule has 24 N–H and O–H groups in total. The molecule has 58 heavy (non-hydrogen) atoms. The summed E-state index contributed by atoms with van der Waals surface area (Å²) < 4.78 is 35.5. The Kier molecular flexibility index (Phi) is 17.8. The second kappa shape index (κ2) is 21.4. The molecule has 0 amide bonds. The first kappa shape index (κ1) is 48.1. The lowest BCUT2D eigenvalue weighted by molar-refractivity contribution is -0.292. The zero-order valence-electron chi connectivity index (χ0n) is 32.7. The third-order valence-corrected chi connectivity index (χ3v) is 12.0. The van der Waals surface area contributed by atoms with Crippen LogP contribution in [0.3, 0.4) is 0 Å². The van der Waals surface area contributed by atoms with Gasteiger partial charge in [0.25, 0.3) is 0 Å². The van der Waals surface area contributed by atoms with Gasteiger partial charge in [-0.25, -0.2) is 0 Å². The van der Waals surface area contributed by atoms with Crippen molar-refractivity contribution in [1.82, 2.24) is 9.80 Å². The molecule has 0 spiro atoms. The number of nitrogens with two attached hydrogens (primary N) is 8. The zero-order valence-corrected chi connectivity index (χ0v) is 32.7. The fraction of sp³-hybridized carbons (Fsp3) is 1.00. The summed E-state index contributed by atoms with van der Waals surface area (Å²) in [5.74, 6) is 0. The topological polar surface area (TPSA) is 432 Å². The number of aliphatic hydroxyl groups excluding tert-OH is 8. The molecule has 5 fully saturated rings. The van der Waals surface area contributed by atoms with Crippen molar-refractivity contribution in [3.05, 3.63) is 0 Å². The van der Waals surface area contributed by atoms with Crippen LogP contribution in [0.25, 0.3) is 0 Å². The van der Waals surface area contributed by atoms with Crippen LogP contribution in [-0.4, -0.2) is 251 Å². The standard InChI is InChI=1S/C34H70N10O14/c35-7-19-25(49)27(51)21(41)33(55-19)57-29-17(39)5-15(37)23(47)31(29)53-11-13(45)9-43-1-2-44(4-3-43)10-14(46)12-54-32-24(48)16(38)6-18(40)30(32)58-34-22(42)28(52)26(50)20(8-36)56-34/h13-34,45-52H,1-12,35-42H2/t13-,14-,15-,16-,17+,18+,19-,20-,21-,22-,23+,24+,25-,26-,27-,28-,29-,30-,31-,32-,33-,34-/m1/s1. The van der Waals surface area contributed by atoms with Crippen molar-refractivity contribution in [2.75, 3.05) is 65.6 Å². The quantitative estimate of drug-likeness (QED) is 0.0686. The molecule has 0 bridgehead atoms. The molecule has 3 aliphatic heterocycles. The van der Waals surface area contributed by atoms with E-state index in [0.29, 0.717) is 26.2 Å². The summed E-state index contributed by atoms with van der Waals surface area (Å²) in [6, 6.07) is -5.20. The van der Waals surface area contributed by atoms with Crippen LogP contribution in [0.1, 0.15) is 12.8 Å². The second-order valence-electron chi connectivity index (χ2n) is 16.5. The maximum Gasteiger partial charge on any atom is 0.176 e. The SMILES string of the molecule is NC[C@H]1O[C@H](O[C@H]2[C@H](OC[C@H](O)CN3CCN(C[C@@H](O)CO[C@@H]4[C@@H](O)[C@H](N)C[C@H](N)[C@H]4O[C@H]4O[C@H](CN)[C@@H](O)[C@H](O)[C@H]4N)CC3)[C@@H](O)[C@H](N)C[C@@H]2N)[C@H](N)[C@@H](O)[C@@H]1O. The fourth-order valence-corrected chi connectivity index (χ4v) is 8.43. The number of rotatable bonds is 16. The number of hydrogen-bond acceptors (Lipinski definition) is 24. The summed E-state index contributed by atoms with van der Waals surface area (Å²) in [5.41, 5.74) is 48.6. The zero-order chi connectivity index (χ0) is 42.6. The van der Waals surface area contributed by atoms with E-state index in [-0.39, 0.29) is 52.2 Å². The number of piperazine rings is 1. The van der Waals surface area contributed by atoms with Gasteiger partial charge in [-0.3, -0.25) is 9.80 Å². The highest BCUT2D eigenvalue weighted by Gasteiger charge is 2.51. The highest BCUT2D eigenvalue weighted by molar-refractivity contribution is 5.02. The maximum atomic E-state index is 11.0. The number of ether oxygens (including phenoxy) is 6. The van der Waals surface area contributed by atoms with E-state index in [2.05, 4.69) is 0 Å². The Morgan fingerprint density at radius 3 is 1.17 bits per heavy atom. The largest absolute Gasteiger partial charge is 0.389 e. The van der Waals surface area contributed by atoms with Gasteiger partial charge in [0.2, 0.25) is 0 Å². The molecule has 3 saturated heterocycles. The van der Waals surface area contributed by atoms with E-state index in [0.717, 1.165) is 0 Å². The normalized spacial score (nSPS) is 47.2. The average molecular weight is 843 g/mol. The lowest BCUT2D eigenvalue weighted by atomic mass is 9.84. The van der Waals surface area contributed by atoms with E-state index >= 15 is 0 Å². The van der Waals surface area contributed by atoms with Gasteiger partial charge in [-0.2, -0.15) is 0 Å². The summed E-state index contributed by atoms with van der Waals surface area (Å²) in [6.45, 7) is 2.09. The Bertz CT molecular complexity index is 1150. The number of nitrogens with zero attached hydrogens (tertiary/aromatic N) is 2. The molecule has 2 aliphatic carbocycles. The number of β-amino-alcohol motifs (C(OH)–C–C–N with tert-alkyl or cyclic N) is 2. The molecular formula is C34H70N10O14. The van der Waals surface area contributed by atoms with Crippen LogP contribution in [0.4, 0.5) is 0 Å². The van der Waals surface area contributed by atoms with Crippen LogP contribution in [0.2, 0.25) is 0 Å². The first-order valence-electron chi connectivity index (χ1n) is 20.1. The highest BCUT2D eigenvalue weighted by Crippen LogP contribution is 2.30. The fourth-order valence-electron chi connectivity index (χ4n) is 8.43. The van der Waals surface area contributed by atoms with Crippen LogP contribution >= 0.6 is 0 Å². The molecule has 2 saturated carbocycles. The Hall–Kier alpha value is -0.960. The number of aliphatic hydroxyl groups is 8. The molecule has 0 unspecified atom stereocenters. The monoisotopic (exact) mass is 843 g/mol. The highest BCUT2D eigenvalue weighted by atomic mass is 16.7. The van der Waals surface area contributed by atoms with Crippen molar-refractivity contribution in [2.24, 2.45) is 45.9 Å². The summed E-state index contributed by atoms with van der Waals surface area (Å²) >= 11 is 0. The minimum Gasteiger partial charge on any atom is -0.389 e. The van der Waals surface area contributed by atoms with E-state index < -0.39 is 134 Å². The lowest BCUT2D eigenvalue weighted by Crippen LogP contribution is -2.68. The Labute approximate surface area is 337 Å². The molecule has 24 heteroatoms. The Morgan fingerprint density at radius 2 is 0.845 bits per heavy atom. The molecule has 5 rings (SSSR count). The first-order valence-corrected chi connectivity index (χ1v) is 20.1. The molecule has 0 aromatic rings. The molecule has 0 aromatic heterocycles. The van der Waals surface area contributed by atoms with Gasteiger partial charge < -0.3 is 115 Å². The van der Waals surface area contributed by atoms with Crippen LogP contribution in [-0.2, 0) is 28.4 Å². The molecule has 22 atom stereocenters. The van der Waals surface area contributed by atoms with Crippen LogP contribution in [0.15, 0.2) is 0 Å². The summed E-state index contributed by atoms with van der Waals surface area (Å²) in [5, 5.41) is 85.1. The molecule has 0 radical (unpaired) electrons. The minimum absolute atomic E-state index is 0.108. The number of hydrogen-bond donors (Lipinski definition) is 16. The molecule has 24 nitrogen and oxygen atoms in total. The first-order chi connectivity index (χ1) is 27.4. The molecular weight excluding hydrogens is 772 g/mol. The second-order valence-corrected chi connectivity index (χ2v) is 16.5. The van der Waals surface area contributed by atoms with Crippen molar-refractivity contribution in [2.45, 2.75) is 147 Å². The predicted molar refractivity (Wildman–Crippen MR) is 203 cm³/mol. The van der Waals surface area contributed by atoms with Gasteiger partial charge >= 0.3 is 0 Å².